The van der Waals surface area contributed by atoms with Crippen molar-refractivity contribution in [3.63, 3.8) is 0 Å². The first-order valence-electron chi connectivity index (χ1n) is 4.86. The third-order valence-electron chi connectivity index (χ3n) is 1.85. The molecule has 0 bridgehead atoms. The molecule has 0 amide bonds. The van der Waals surface area contributed by atoms with Crippen LogP contribution in [0.1, 0.15) is 10.4 Å². The number of aromatic carboxylic acids is 1. The van der Waals surface area contributed by atoms with Crippen LogP contribution >= 0.6 is 0 Å². The molecule has 0 atom stereocenters. The average Bonchev–Trinajstić information content (AvgIpc) is 2.30. The highest BCUT2D eigenvalue weighted by molar-refractivity contribution is 5.87. The summed E-state index contributed by atoms with van der Waals surface area (Å²) in [4.78, 5) is 10.2. The molecule has 88 valence electrons. The number of benzene rings is 2. The van der Waals surface area contributed by atoms with Crippen molar-refractivity contribution < 1.29 is 20.1 Å². The summed E-state index contributed by atoms with van der Waals surface area (Å²) in [5, 5.41) is 25.7. The van der Waals surface area contributed by atoms with Crippen LogP contribution in [0.4, 0.5) is 0 Å². The maximum atomic E-state index is 10.2. The highest BCUT2D eigenvalue weighted by atomic mass is 16.4. The van der Waals surface area contributed by atoms with Gasteiger partial charge < -0.3 is 15.3 Å². The number of aromatic hydroxyl groups is 2. The van der Waals surface area contributed by atoms with Gasteiger partial charge in [0.2, 0.25) is 0 Å². The van der Waals surface area contributed by atoms with Gasteiger partial charge in [-0.05, 0) is 24.3 Å². The van der Waals surface area contributed by atoms with E-state index in [1.807, 2.05) is 0 Å². The van der Waals surface area contributed by atoms with Crippen LogP contribution in [0.5, 0.6) is 11.5 Å². The lowest BCUT2D eigenvalue weighted by Crippen LogP contribution is -1.93. The molecule has 4 heteroatoms. The molecule has 2 rings (SSSR count). The molecular formula is C13H12O4. The van der Waals surface area contributed by atoms with Gasteiger partial charge in [0.25, 0.3) is 0 Å². The minimum atomic E-state index is -0.879. The predicted molar refractivity (Wildman–Crippen MR) is 63.2 cm³/mol. The molecule has 2 aromatic carbocycles. The summed E-state index contributed by atoms with van der Waals surface area (Å²) >= 11 is 0. The summed E-state index contributed by atoms with van der Waals surface area (Å²) in [5.74, 6) is -0.703. The van der Waals surface area contributed by atoms with Gasteiger partial charge >= 0.3 is 5.97 Å². The molecular weight excluding hydrogens is 220 g/mol. The van der Waals surface area contributed by atoms with Crippen LogP contribution in [0.15, 0.2) is 54.6 Å². The minimum absolute atomic E-state index is 0.0880. The number of phenols is 2. The molecule has 0 saturated heterocycles. The molecule has 0 fully saturated rings. The van der Waals surface area contributed by atoms with E-state index in [0.29, 0.717) is 5.56 Å². The van der Waals surface area contributed by atoms with E-state index in [1.54, 1.807) is 36.4 Å². The van der Waals surface area contributed by atoms with Gasteiger partial charge in [-0.25, -0.2) is 4.79 Å². The van der Waals surface area contributed by atoms with Gasteiger partial charge in [-0.3, -0.25) is 0 Å². The molecule has 0 radical (unpaired) electrons. The summed E-state index contributed by atoms with van der Waals surface area (Å²) in [5.41, 5.74) is 0.331. The van der Waals surface area contributed by atoms with E-state index in [2.05, 4.69) is 0 Å². The fraction of sp³-hybridized carbons (Fsp3) is 0. The topological polar surface area (TPSA) is 77.8 Å². The Morgan fingerprint density at radius 1 is 0.824 bits per heavy atom. The van der Waals surface area contributed by atoms with Crippen molar-refractivity contribution in [1.82, 2.24) is 0 Å². The van der Waals surface area contributed by atoms with E-state index in [9.17, 15) is 4.79 Å². The SMILES string of the molecule is O=C(O)c1ccccc1.Oc1cccc(O)c1. The Balaban J connectivity index is 0.000000171. The van der Waals surface area contributed by atoms with Gasteiger partial charge in [0.05, 0.1) is 5.56 Å². The van der Waals surface area contributed by atoms with Crippen LogP contribution in [0.25, 0.3) is 0 Å². The highest BCUT2D eigenvalue weighted by Crippen LogP contribution is 2.14. The molecule has 0 aliphatic heterocycles. The van der Waals surface area contributed by atoms with Crippen molar-refractivity contribution in [2.24, 2.45) is 0 Å². The number of carboxylic acid groups (broad SMARTS) is 1. The second-order valence-electron chi connectivity index (χ2n) is 3.19. The molecule has 0 aliphatic carbocycles. The van der Waals surface area contributed by atoms with Crippen molar-refractivity contribution in [2.75, 3.05) is 0 Å². The number of carboxylic acids is 1. The maximum Gasteiger partial charge on any atom is 0.335 e. The zero-order valence-electron chi connectivity index (χ0n) is 8.95. The number of phenolic OH excluding ortho intramolecular Hbond substituents is 2. The van der Waals surface area contributed by atoms with Gasteiger partial charge in [-0.15, -0.1) is 0 Å². The summed E-state index contributed by atoms with van der Waals surface area (Å²) in [6.07, 6.45) is 0. The van der Waals surface area contributed by atoms with E-state index in [-0.39, 0.29) is 11.5 Å². The normalized spacial score (nSPS) is 8.94. The Labute approximate surface area is 98.4 Å². The third kappa shape index (κ3) is 4.70. The van der Waals surface area contributed by atoms with Crippen LogP contribution in [-0.4, -0.2) is 21.3 Å². The molecule has 3 N–H and O–H groups in total. The van der Waals surface area contributed by atoms with Gasteiger partial charge in [0.15, 0.2) is 0 Å². The maximum absolute atomic E-state index is 10.2. The van der Waals surface area contributed by atoms with Crippen molar-refractivity contribution in [2.45, 2.75) is 0 Å². The monoisotopic (exact) mass is 232 g/mol. The van der Waals surface area contributed by atoms with Crippen molar-refractivity contribution in [3.05, 3.63) is 60.2 Å². The van der Waals surface area contributed by atoms with Gasteiger partial charge in [0, 0.05) is 6.07 Å². The van der Waals surface area contributed by atoms with Crippen LogP contribution in [0.3, 0.4) is 0 Å². The van der Waals surface area contributed by atoms with Crippen molar-refractivity contribution >= 4 is 5.97 Å². The summed E-state index contributed by atoms with van der Waals surface area (Å²) in [7, 11) is 0. The Hall–Kier alpha value is -2.49. The molecule has 0 aliphatic rings. The third-order valence-corrected chi connectivity index (χ3v) is 1.85. The Bertz CT molecular complexity index is 463. The van der Waals surface area contributed by atoms with Crippen molar-refractivity contribution in [3.8, 4) is 11.5 Å². The number of hydrogen-bond donors (Lipinski definition) is 3. The zero-order valence-corrected chi connectivity index (χ0v) is 8.95. The number of hydrogen-bond acceptors (Lipinski definition) is 3. The van der Waals surface area contributed by atoms with Crippen LogP contribution in [0, 0.1) is 0 Å². The van der Waals surface area contributed by atoms with E-state index in [0.717, 1.165) is 0 Å². The number of carbonyl (C=O) groups is 1. The van der Waals surface area contributed by atoms with Gasteiger partial charge in [0.1, 0.15) is 11.5 Å². The van der Waals surface area contributed by atoms with E-state index < -0.39 is 5.97 Å². The van der Waals surface area contributed by atoms with Gasteiger partial charge in [-0.1, -0.05) is 24.3 Å². The van der Waals surface area contributed by atoms with Crippen LogP contribution in [0.2, 0.25) is 0 Å². The molecule has 0 spiro atoms. The van der Waals surface area contributed by atoms with E-state index in [4.69, 9.17) is 15.3 Å². The highest BCUT2D eigenvalue weighted by Gasteiger charge is 1.96. The smallest absolute Gasteiger partial charge is 0.335 e. The van der Waals surface area contributed by atoms with Crippen LogP contribution in [-0.2, 0) is 0 Å². The molecule has 0 saturated carbocycles. The lowest BCUT2D eigenvalue weighted by Gasteiger charge is -1.89. The summed E-state index contributed by atoms with van der Waals surface area (Å²) < 4.78 is 0. The predicted octanol–water partition coefficient (Wildman–Crippen LogP) is 2.48. The lowest BCUT2D eigenvalue weighted by molar-refractivity contribution is 0.0697. The Morgan fingerprint density at radius 3 is 1.65 bits per heavy atom. The van der Waals surface area contributed by atoms with E-state index >= 15 is 0 Å². The minimum Gasteiger partial charge on any atom is -0.508 e. The first-order valence-corrected chi connectivity index (χ1v) is 4.86. The van der Waals surface area contributed by atoms with Gasteiger partial charge in [-0.2, -0.15) is 0 Å². The fourth-order valence-corrected chi connectivity index (χ4v) is 1.07. The first-order chi connectivity index (χ1) is 8.09. The molecule has 0 aromatic heterocycles. The zero-order chi connectivity index (χ0) is 12.7. The molecule has 0 unspecified atom stereocenters. The molecule has 4 nitrogen and oxygen atoms in total. The Kier molecular flexibility index (Phi) is 4.57. The van der Waals surface area contributed by atoms with Crippen LogP contribution < -0.4 is 0 Å². The second-order valence-corrected chi connectivity index (χ2v) is 3.19. The quantitative estimate of drug-likeness (QED) is 0.705. The number of rotatable bonds is 1. The van der Waals surface area contributed by atoms with Crippen molar-refractivity contribution in [1.29, 1.82) is 0 Å². The second kappa shape index (κ2) is 6.17. The first kappa shape index (κ1) is 12.6. The summed E-state index contributed by atoms with van der Waals surface area (Å²) in [6, 6.07) is 14.1. The lowest BCUT2D eigenvalue weighted by atomic mass is 10.2. The molecule has 0 heterocycles. The molecule has 17 heavy (non-hydrogen) atoms. The van der Waals surface area contributed by atoms with E-state index in [1.165, 1.54) is 18.2 Å². The fourth-order valence-electron chi connectivity index (χ4n) is 1.07. The standard InChI is InChI=1S/C7H6O2.C6H6O2/c8-7(9)6-4-2-1-3-5-6;7-5-2-1-3-6(8)4-5/h1-5H,(H,8,9);1-4,7-8H. The molecule has 2 aromatic rings. The Morgan fingerprint density at radius 2 is 1.35 bits per heavy atom. The largest absolute Gasteiger partial charge is 0.508 e. The average molecular weight is 232 g/mol. The summed E-state index contributed by atoms with van der Waals surface area (Å²) in [6.45, 7) is 0.